The summed E-state index contributed by atoms with van der Waals surface area (Å²) in [6.07, 6.45) is 4.88. The van der Waals surface area contributed by atoms with Crippen molar-refractivity contribution in [1.82, 2.24) is 9.88 Å². The Morgan fingerprint density at radius 3 is 2.57 bits per heavy atom. The van der Waals surface area contributed by atoms with Gasteiger partial charge in [-0.05, 0) is 51.5 Å². The summed E-state index contributed by atoms with van der Waals surface area (Å²) in [5.41, 5.74) is 0. The van der Waals surface area contributed by atoms with Gasteiger partial charge in [-0.25, -0.2) is 13.4 Å². The monoisotopic (exact) mass is 313 g/mol. The average Bonchev–Trinajstić information content (AvgIpc) is 2.43. The lowest BCUT2D eigenvalue weighted by atomic mass is 10.1. The summed E-state index contributed by atoms with van der Waals surface area (Å²) in [5.74, 6) is 0.454. The lowest BCUT2D eigenvalue weighted by Gasteiger charge is -2.20. The van der Waals surface area contributed by atoms with Gasteiger partial charge >= 0.3 is 0 Å². The number of nitrogens with one attached hydrogen (secondary N) is 1. The molecule has 0 aliphatic heterocycles. The van der Waals surface area contributed by atoms with Crippen LogP contribution in [-0.2, 0) is 9.84 Å². The molecule has 5 nitrogen and oxygen atoms in total. The maximum atomic E-state index is 11.7. The summed E-state index contributed by atoms with van der Waals surface area (Å²) in [4.78, 5) is 6.81. The van der Waals surface area contributed by atoms with Gasteiger partial charge in [-0.15, -0.1) is 0 Å². The molecule has 0 radical (unpaired) electrons. The third-order valence-electron chi connectivity index (χ3n) is 3.56. The van der Waals surface area contributed by atoms with Gasteiger partial charge in [-0.1, -0.05) is 13.8 Å². The molecule has 0 bridgehead atoms. The van der Waals surface area contributed by atoms with Gasteiger partial charge in [0.1, 0.15) is 10.7 Å². The molecule has 1 unspecified atom stereocenters. The summed E-state index contributed by atoms with van der Waals surface area (Å²) < 4.78 is 23.5. The minimum absolute atomic E-state index is 0.191. The molecule has 0 saturated carbocycles. The Hall–Kier alpha value is -1.14. The zero-order chi connectivity index (χ0) is 15.9. The topological polar surface area (TPSA) is 62.3 Å². The van der Waals surface area contributed by atoms with Gasteiger partial charge in [-0.2, -0.15) is 0 Å². The highest BCUT2D eigenvalue weighted by Gasteiger charge is 2.15. The van der Waals surface area contributed by atoms with E-state index >= 15 is 0 Å². The van der Waals surface area contributed by atoms with Crippen LogP contribution >= 0.6 is 0 Å². The number of aromatic nitrogens is 1. The van der Waals surface area contributed by atoms with Gasteiger partial charge in [0.25, 0.3) is 0 Å². The highest BCUT2D eigenvalue weighted by molar-refractivity contribution is 7.90. The summed E-state index contributed by atoms with van der Waals surface area (Å²) in [7, 11) is -3.25. The molecule has 1 N–H and O–H groups in total. The van der Waals surface area contributed by atoms with E-state index in [1.54, 1.807) is 18.3 Å². The molecule has 0 saturated heterocycles. The minimum Gasteiger partial charge on any atom is -0.367 e. The first-order chi connectivity index (χ1) is 9.88. The molecular formula is C15H27N3O2S. The third-order valence-corrected chi connectivity index (χ3v) is 4.69. The van der Waals surface area contributed by atoms with Crippen LogP contribution in [-0.4, -0.2) is 50.2 Å². The number of sulfone groups is 1. The van der Waals surface area contributed by atoms with Crippen molar-refractivity contribution in [2.24, 2.45) is 0 Å². The molecule has 1 rings (SSSR count). The van der Waals surface area contributed by atoms with Crippen molar-refractivity contribution in [2.75, 3.05) is 31.2 Å². The molecule has 0 amide bonds. The van der Waals surface area contributed by atoms with E-state index in [1.807, 2.05) is 0 Å². The molecule has 1 heterocycles. The van der Waals surface area contributed by atoms with E-state index in [2.05, 4.69) is 36.0 Å². The van der Waals surface area contributed by atoms with Crippen LogP contribution in [0.4, 0.5) is 5.82 Å². The van der Waals surface area contributed by atoms with Crippen LogP contribution in [0.1, 0.15) is 33.6 Å². The summed E-state index contributed by atoms with van der Waals surface area (Å²) in [6.45, 7) is 9.59. The summed E-state index contributed by atoms with van der Waals surface area (Å²) in [5, 5.41) is 3.22. The standard InChI is InChI=1S/C15H27N3O2S/c1-5-18(6-2)12-8-9-13(3)17-15-14(21(4,19)20)10-7-11-16-15/h7,10-11,13H,5-6,8-9,12H2,1-4H3,(H,16,17). The van der Waals surface area contributed by atoms with Crippen molar-refractivity contribution in [3.05, 3.63) is 18.3 Å². The maximum Gasteiger partial charge on any atom is 0.179 e. The summed E-state index contributed by atoms with van der Waals surface area (Å²) in [6, 6.07) is 3.43. The van der Waals surface area contributed by atoms with E-state index in [4.69, 9.17) is 0 Å². The van der Waals surface area contributed by atoms with Crippen LogP contribution < -0.4 is 5.32 Å². The van der Waals surface area contributed by atoms with Crippen LogP contribution in [0.25, 0.3) is 0 Å². The molecule has 0 fully saturated rings. The quantitative estimate of drug-likeness (QED) is 0.758. The lowest BCUT2D eigenvalue weighted by Crippen LogP contribution is -2.26. The Morgan fingerprint density at radius 2 is 2.00 bits per heavy atom. The second-order valence-electron chi connectivity index (χ2n) is 5.34. The molecule has 0 aliphatic carbocycles. The normalized spacial score (nSPS) is 13.4. The molecular weight excluding hydrogens is 286 g/mol. The fraction of sp³-hybridized carbons (Fsp3) is 0.667. The van der Waals surface area contributed by atoms with E-state index in [9.17, 15) is 8.42 Å². The number of nitrogens with zero attached hydrogens (tertiary/aromatic N) is 2. The van der Waals surface area contributed by atoms with Gasteiger partial charge < -0.3 is 10.2 Å². The number of hydrogen-bond acceptors (Lipinski definition) is 5. The fourth-order valence-electron chi connectivity index (χ4n) is 2.26. The minimum atomic E-state index is -3.25. The first-order valence-electron chi connectivity index (χ1n) is 7.52. The van der Waals surface area contributed by atoms with Gasteiger partial charge in [0.2, 0.25) is 0 Å². The van der Waals surface area contributed by atoms with E-state index in [-0.39, 0.29) is 10.9 Å². The smallest absolute Gasteiger partial charge is 0.179 e. The van der Waals surface area contributed by atoms with Crippen LogP contribution in [0.15, 0.2) is 23.2 Å². The van der Waals surface area contributed by atoms with Crippen LogP contribution in [0, 0.1) is 0 Å². The van der Waals surface area contributed by atoms with Crippen molar-refractivity contribution in [3.63, 3.8) is 0 Å². The first-order valence-corrected chi connectivity index (χ1v) is 9.41. The van der Waals surface area contributed by atoms with Crippen molar-refractivity contribution in [3.8, 4) is 0 Å². The Bertz CT molecular complexity index is 527. The zero-order valence-electron chi connectivity index (χ0n) is 13.5. The SMILES string of the molecule is CCN(CC)CCCC(C)Nc1ncccc1S(C)(=O)=O. The Morgan fingerprint density at radius 1 is 1.33 bits per heavy atom. The lowest BCUT2D eigenvalue weighted by molar-refractivity contribution is 0.295. The Balaban J connectivity index is 2.58. The van der Waals surface area contributed by atoms with E-state index < -0.39 is 9.84 Å². The van der Waals surface area contributed by atoms with E-state index in [1.165, 1.54) is 6.26 Å². The molecule has 1 atom stereocenters. The summed E-state index contributed by atoms with van der Waals surface area (Å²) >= 11 is 0. The molecule has 0 aromatic carbocycles. The fourth-order valence-corrected chi connectivity index (χ4v) is 3.05. The molecule has 120 valence electrons. The van der Waals surface area contributed by atoms with Crippen molar-refractivity contribution in [2.45, 2.75) is 44.6 Å². The zero-order valence-corrected chi connectivity index (χ0v) is 14.3. The number of anilines is 1. The second-order valence-corrected chi connectivity index (χ2v) is 7.32. The Kier molecular flexibility index (Phi) is 7.11. The highest BCUT2D eigenvalue weighted by atomic mass is 32.2. The predicted octanol–water partition coefficient (Wildman–Crippen LogP) is 2.41. The van der Waals surface area contributed by atoms with E-state index in [0.29, 0.717) is 5.82 Å². The van der Waals surface area contributed by atoms with Gasteiger partial charge in [0, 0.05) is 18.5 Å². The molecule has 21 heavy (non-hydrogen) atoms. The maximum absolute atomic E-state index is 11.7. The van der Waals surface area contributed by atoms with Gasteiger partial charge in [0.15, 0.2) is 9.84 Å². The number of rotatable bonds is 9. The average molecular weight is 313 g/mol. The molecule has 1 aromatic heterocycles. The van der Waals surface area contributed by atoms with Crippen LogP contribution in [0.2, 0.25) is 0 Å². The molecule has 0 aliphatic rings. The third kappa shape index (κ3) is 6.01. The first kappa shape index (κ1) is 17.9. The number of hydrogen-bond donors (Lipinski definition) is 1. The van der Waals surface area contributed by atoms with Crippen molar-refractivity contribution < 1.29 is 8.42 Å². The predicted molar refractivity (Wildman–Crippen MR) is 87.5 cm³/mol. The number of pyridine rings is 1. The van der Waals surface area contributed by atoms with Crippen LogP contribution in [0.5, 0.6) is 0 Å². The molecule has 6 heteroatoms. The Labute approximate surface area is 128 Å². The largest absolute Gasteiger partial charge is 0.367 e. The van der Waals surface area contributed by atoms with Gasteiger partial charge in [-0.3, -0.25) is 0 Å². The van der Waals surface area contributed by atoms with Crippen molar-refractivity contribution >= 4 is 15.7 Å². The second kappa shape index (κ2) is 8.34. The van der Waals surface area contributed by atoms with Gasteiger partial charge in [0.05, 0.1) is 0 Å². The van der Waals surface area contributed by atoms with E-state index in [0.717, 1.165) is 32.5 Å². The van der Waals surface area contributed by atoms with Crippen molar-refractivity contribution in [1.29, 1.82) is 0 Å². The molecule has 0 spiro atoms. The van der Waals surface area contributed by atoms with Crippen LogP contribution in [0.3, 0.4) is 0 Å². The molecule has 1 aromatic rings. The highest BCUT2D eigenvalue weighted by Crippen LogP contribution is 2.19.